The SMILES string of the molecule is COCCOCCCC(=O)[C@@H](CCC(=O)NO)NC(=O)[C@H](CCC(=O)NO)CC(=O)[C@@H](CC(C)C)NC(=O)[C@H](CC(=O)O)CC(=O)[C@H](Cc1ccc(O)cc1)NC(C)=O.COCCOCCCC(=O)[C@@H](CCC(=O)OB=N)NC(=O)[C@H](CCC(=O)OB=N)CC(=O)[C@@H](CC(C)C)NC(=O)[C@H](CC(=O)O)CC(=O)[C@H](Cc1ccc(O)cc1)NC(C)=O. The Morgan fingerprint density at radius 2 is 0.683 bits per heavy atom. The van der Waals surface area contributed by atoms with E-state index in [1.807, 2.05) is 0 Å². The van der Waals surface area contributed by atoms with Crippen molar-refractivity contribution in [3.63, 3.8) is 0 Å². The van der Waals surface area contributed by atoms with Gasteiger partial charge in [-0.25, -0.2) is 11.0 Å². The number of nitrogens with one attached hydrogen (secondary N) is 10. The summed E-state index contributed by atoms with van der Waals surface area (Å²) < 4.78 is 29.7. The van der Waals surface area contributed by atoms with E-state index >= 15 is 0 Å². The molecule has 0 saturated heterocycles. The molecule has 40 nitrogen and oxygen atoms in total. The predicted molar refractivity (Wildman–Crippen MR) is 422 cm³/mol. The first kappa shape index (κ1) is 107. The van der Waals surface area contributed by atoms with Gasteiger partial charge >= 0.3 is 254 Å². The molecule has 0 aromatic heterocycles. The van der Waals surface area contributed by atoms with Crippen LogP contribution in [-0.2, 0) is 127 Å². The summed E-state index contributed by atoms with van der Waals surface area (Å²) in [6.45, 7) is 11.0. The van der Waals surface area contributed by atoms with Crippen LogP contribution in [0, 0.1) is 46.1 Å². The molecule has 10 atom stereocenters. The molecule has 2 rings (SSSR count). The van der Waals surface area contributed by atoms with E-state index in [1.165, 1.54) is 87.6 Å². The number of carboxylic acid groups (broad SMARTS) is 2. The van der Waals surface area contributed by atoms with E-state index in [-0.39, 0.29) is 140 Å². The van der Waals surface area contributed by atoms with E-state index in [0.29, 0.717) is 38.9 Å². The molecular formula is C78H116B2N10O30. The first-order chi connectivity index (χ1) is 56.8. The second-order valence-corrected chi connectivity index (χ2v) is 29.2. The maximum absolute atomic E-state index is 14.0. The first-order valence-electron chi connectivity index (χ1n) is 39.1. The van der Waals surface area contributed by atoms with Crippen LogP contribution in [0.4, 0.5) is 0 Å². The Kier molecular flexibility index (Phi) is 54.2. The van der Waals surface area contributed by atoms with Gasteiger partial charge in [-0.2, -0.15) is 0 Å². The molecule has 664 valence electrons. The molecule has 8 amide bonds. The summed E-state index contributed by atoms with van der Waals surface area (Å²) in [5.41, 5.74) is 4.01. The number of carbonyl (C=O) groups excluding carboxylic acids is 16. The van der Waals surface area contributed by atoms with Gasteiger partial charge in [-0.15, -0.1) is 0 Å². The Morgan fingerprint density at radius 3 is 1.01 bits per heavy atom. The number of carbonyl (C=O) groups is 18. The van der Waals surface area contributed by atoms with Crippen molar-refractivity contribution in [2.24, 2.45) is 35.5 Å². The summed E-state index contributed by atoms with van der Waals surface area (Å²) in [6, 6.07) is 4.21. The fraction of sp³-hybridized carbons (Fsp3) is 0.615. The number of phenols is 2. The quantitative estimate of drug-likeness (QED) is 0.0195. The third kappa shape index (κ3) is 47.7. The van der Waals surface area contributed by atoms with Gasteiger partial charge in [0.05, 0.1) is 49.7 Å². The van der Waals surface area contributed by atoms with E-state index in [2.05, 4.69) is 41.2 Å². The van der Waals surface area contributed by atoms with Crippen LogP contribution in [0.5, 0.6) is 11.5 Å². The Morgan fingerprint density at radius 1 is 0.375 bits per heavy atom. The number of amides is 8. The van der Waals surface area contributed by atoms with Crippen LogP contribution < -0.4 is 42.9 Å². The number of hydrogen-bond donors (Lipinski definition) is 16. The third-order valence-electron chi connectivity index (χ3n) is 18.3. The number of ketones is 6. The molecule has 0 aliphatic heterocycles. The maximum atomic E-state index is 14.0. The van der Waals surface area contributed by atoms with Crippen molar-refractivity contribution in [2.45, 2.75) is 219 Å². The fourth-order valence-electron chi connectivity index (χ4n) is 12.1. The average molecular weight is 1700 g/mol. The molecule has 16 N–H and O–H groups in total. The van der Waals surface area contributed by atoms with Crippen molar-refractivity contribution in [3.8, 4) is 11.5 Å². The number of Topliss-reactive ketones (excluding diaryl/α,β-unsaturated/α-hetero) is 6. The average Bonchev–Trinajstić information content (AvgIpc) is 0.859. The Hall–Kier alpha value is -10.8. The number of aromatic hydroxyl groups is 2. The van der Waals surface area contributed by atoms with Gasteiger partial charge in [0.25, 0.3) is 0 Å². The topological polar surface area (TPSA) is 628 Å². The number of carboxylic acids is 2. The van der Waals surface area contributed by atoms with Gasteiger partial charge in [0, 0.05) is 72.7 Å². The van der Waals surface area contributed by atoms with Gasteiger partial charge in [0.15, 0.2) is 23.1 Å². The van der Waals surface area contributed by atoms with E-state index in [1.54, 1.807) is 27.7 Å². The van der Waals surface area contributed by atoms with Crippen LogP contribution in [-0.4, -0.2) is 241 Å². The van der Waals surface area contributed by atoms with Crippen LogP contribution in [0.3, 0.4) is 0 Å². The van der Waals surface area contributed by atoms with Gasteiger partial charge in [-0.1, -0.05) is 38.1 Å². The number of ether oxygens (including phenoxy) is 4. The van der Waals surface area contributed by atoms with Gasteiger partial charge in [-0.05, 0) is 79.8 Å². The van der Waals surface area contributed by atoms with Crippen molar-refractivity contribution in [1.29, 1.82) is 10.6 Å². The Balaban J connectivity index is 0.00000120. The summed E-state index contributed by atoms with van der Waals surface area (Å²) in [7, 11) is 3.81. The molecule has 0 heterocycles. The van der Waals surface area contributed by atoms with E-state index in [9.17, 15) is 107 Å². The molecule has 2 aromatic carbocycles. The predicted octanol–water partition coefficient (Wildman–Crippen LogP) is 2.17. The van der Waals surface area contributed by atoms with Gasteiger partial charge in [0.2, 0.25) is 35.4 Å². The fourth-order valence-corrected chi connectivity index (χ4v) is 12.1. The first-order valence-corrected chi connectivity index (χ1v) is 39.1. The molecule has 42 heteroatoms. The normalized spacial score (nSPS) is 13.4. The van der Waals surface area contributed by atoms with Crippen LogP contribution in [0.1, 0.15) is 181 Å². The molecule has 0 spiro atoms. The zero-order chi connectivity index (χ0) is 90.4. The van der Waals surface area contributed by atoms with Gasteiger partial charge < -0.3 is 55.9 Å². The smallest absolute Gasteiger partial charge is 0.508 e. The van der Waals surface area contributed by atoms with Crippen LogP contribution in [0.15, 0.2) is 48.5 Å². The molecule has 0 saturated carbocycles. The second kappa shape index (κ2) is 60.6. The number of aliphatic carboxylic acids is 2. The number of hydroxylamine groups is 2. The summed E-state index contributed by atoms with van der Waals surface area (Å²) >= 11 is 0. The summed E-state index contributed by atoms with van der Waals surface area (Å²) in [5, 5.41) is 85.9. The summed E-state index contributed by atoms with van der Waals surface area (Å²) in [4.78, 5) is 232. The van der Waals surface area contributed by atoms with E-state index in [4.69, 9.17) is 40.0 Å². The van der Waals surface area contributed by atoms with Crippen molar-refractivity contribution in [1.82, 2.24) is 42.9 Å². The third-order valence-corrected chi connectivity index (χ3v) is 18.3. The number of hydrogen-bond acceptors (Lipinski definition) is 30. The zero-order valence-electron chi connectivity index (χ0n) is 69.0. The van der Waals surface area contributed by atoms with E-state index in [0.717, 1.165) is 0 Å². The Labute approximate surface area is 696 Å². The van der Waals surface area contributed by atoms with Crippen molar-refractivity contribution >= 4 is 120 Å². The second-order valence-electron chi connectivity index (χ2n) is 29.2. The van der Waals surface area contributed by atoms with Crippen LogP contribution in [0.2, 0.25) is 0 Å². The van der Waals surface area contributed by atoms with Crippen molar-refractivity contribution < 1.29 is 145 Å². The minimum Gasteiger partial charge on any atom is -0.508 e. The number of rotatable bonds is 64. The number of benzene rings is 2. The van der Waals surface area contributed by atoms with Gasteiger partial charge in [-0.3, -0.25) is 67.9 Å². The molecule has 0 radical (unpaired) electrons. The van der Waals surface area contributed by atoms with Gasteiger partial charge in [0.1, 0.15) is 11.5 Å². The minimum atomic E-state index is -1.49. The number of phenolic OH excluding ortho intramolecular Hbond substituents is 2. The number of methoxy groups -OCH3 is 2. The van der Waals surface area contributed by atoms with Crippen molar-refractivity contribution in [3.05, 3.63) is 59.7 Å². The standard InChI is InChI=1S/C39H57B2N5O15.C39H59N5O15/c1-23(2)18-30(46-39(57)27(22-35(52)53)21-34(51)31(44-24(3)47)19-25-7-10-28(48)11-8-25)33(50)20-26(9-13-36(54)60-40-42)38(56)45-29(12-14-37(55)61-41-43)32(49)6-5-15-59-17-16-58-4;1-23(2)18-30(42-39(55)27(22-37(52)53)21-34(49)31(40-24(3)45)19-25-7-10-28(46)11-8-25)33(48)20-26(9-13-35(50)43-56)38(54)41-29(12-14-36(51)44-57)32(47)6-5-15-59-17-16-58-4/h7-8,10-11,23,26-27,29-31,42-43,48H,5-6,9,12-22H2,1-4H3,(H,44,47)(H,45,56)(H,46,57)(H,52,53);7-8,10-11,23,26-27,29-31,46,56-57H,5-6,9,12-22H2,1-4H3,(H,40,45)(H,41,54)(H,42,55)(H,43,50)(H,44,51)(H,52,53)/t2*26-,27+,29-,30-,31+/m11/s1. The zero-order valence-corrected chi connectivity index (χ0v) is 69.0. The molecular weight excluding hydrogens is 1580 g/mol. The molecule has 0 bridgehead atoms. The minimum absolute atomic E-state index is 0.0144. The van der Waals surface area contributed by atoms with Crippen molar-refractivity contribution in [2.75, 3.05) is 53.9 Å². The molecule has 0 unspecified atom stereocenters. The summed E-state index contributed by atoms with van der Waals surface area (Å²) in [5.74, 6) is -20.8. The van der Waals surface area contributed by atoms with Crippen LogP contribution >= 0.6 is 0 Å². The molecule has 2 aromatic rings. The molecule has 0 fully saturated rings. The van der Waals surface area contributed by atoms with E-state index < -0.39 is 217 Å². The molecule has 0 aliphatic rings. The summed E-state index contributed by atoms with van der Waals surface area (Å²) in [6.07, 6.45) is -6.39. The molecule has 0 aliphatic carbocycles. The molecule has 120 heavy (non-hydrogen) atoms. The Bertz CT molecular complexity index is 3720. The van der Waals surface area contributed by atoms with Crippen LogP contribution in [0.25, 0.3) is 0 Å². The monoisotopic (exact) mass is 1690 g/mol.